The van der Waals surface area contributed by atoms with Crippen LogP contribution in [0.25, 0.3) is 0 Å². The molecule has 0 radical (unpaired) electrons. The molecule has 1 aromatic heterocycles. The second-order valence-electron chi connectivity index (χ2n) is 7.52. The molecule has 1 saturated heterocycles. The van der Waals surface area contributed by atoms with Gasteiger partial charge in [0.15, 0.2) is 0 Å². The van der Waals surface area contributed by atoms with Crippen molar-refractivity contribution in [3.63, 3.8) is 0 Å². The summed E-state index contributed by atoms with van der Waals surface area (Å²) in [6.45, 7) is 4.03. The van der Waals surface area contributed by atoms with Crippen molar-refractivity contribution < 1.29 is 9.59 Å². The molecule has 0 unspecified atom stereocenters. The fraction of sp³-hybridized carbons (Fsp3) is 0.455. The fourth-order valence-corrected chi connectivity index (χ4v) is 3.75. The minimum atomic E-state index is -0.503. The van der Waals surface area contributed by atoms with E-state index in [4.69, 9.17) is 10.7 Å². The third-order valence-corrected chi connectivity index (χ3v) is 5.65. The van der Waals surface area contributed by atoms with Crippen molar-refractivity contribution in [2.75, 3.05) is 48.3 Å². The molecule has 2 heterocycles. The lowest BCUT2D eigenvalue weighted by atomic mass is 10.1. The normalized spacial score (nSPS) is 13.8. The molecule has 0 saturated carbocycles. The largest absolute Gasteiger partial charge is 0.368 e. The number of nitrogens with two attached hydrogens (primary N) is 1. The maximum Gasteiger partial charge on any atom is 0.252 e. The van der Waals surface area contributed by atoms with Crippen molar-refractivity contribution in [1.82, 2.24) is 15.3 Å². The quantitative estimate of drug-likeness (QED) is 0.382. The molecule has 31 heavy (non-hydrogen) atoms. The van der Waals surface area contributed by atoms with Crippen LogP contribution in [-0.4, -0.2) is 60.3 Å². The van der Waals surface area contributed by atoms with Gasteiger partial charge < -0.3 is 20.9 Å². The highest BCUT2D eigenvalue weighted by Crippen LogP contribution is 2.19. The lowest BCUT2D eigenvalue weighted by molar-refractivity contribution is -0.118. The highest BCUT2D eigenvalue weighted by Gasteiger charge is 2.21. The SMILES string of the molecule is NC(=O)c1cnc(N2CCN(c3ccccc3)CC2)nc1CCCCCNC(=O)CS. The number of para-hydroxylation sites is 1. The summed E-state index contributed by atoms with van der Waals surface area (Å²) in [6, 6.07) is 10.4. The molecule has 0 spiro atoms. The number of thiol groups is 1. The Kier molecular flexibility index (Phi) is 8.52. The summed E-state index contributed by atoms with van der Waals surface area (Å²) in [4.78, 5) is 36.6. The summed E-state index contributed by atoms with van der Waals surface area (Å²) >= 11 is 3.94. The number of anilines is 2. The Balaban J connectivity index is 1.56. The van der Waals surface area contributed by atoms with Gasteiger partial charge in [-0.3, -0.25) is 9.59 Å². The number of piperazine rings is 1. The van der Waals surface area contributed by atoms with Gasteiger partial charge in [-0.1, -0.05) is 24.6 Å². The van der Waals surface area contributed by atoms with Crippen LogP contribution >= 0.6 is 12.6 Å². The first-order chi connectivity index (χ1) is 15.1. The Labute approximate surface area is 188 Å². The van der Waals surface area contributed by atoms with E-state index < -0.39 is 5.91 Å². The molecular formula is C22H30N6O2S. The molecule has 166 valence electrons. The van der Waals surface area contributed by atoms with Gasteiger partial charge in [-0.2, -0.15) is 12.6 Å². The van der Waals surface area contributed by atoms with Gasteiger partial charge >= 0.3 is 0 Å². The molecular weight excluding hydrogens is 412 g/mol. The van der Waals surface area contributed by atoms with Gasteiger partial charge in [0.1, 0.15) is 0 Å². The maximum absolute atomic E-state index is 11.8. The third-order valence-electron chi connectivity index (χ3n) is 5.36. The number of aryl methyl sites for hydroxylation is 1. The smallest absolute Gasteiger partial charge is 0.252 e. The van der Waals surface area contributed by atoms with Gasteiger partial charge in [0.25, 0.3) is 5.91 Å². The zero-order valence-corrected chi connectivity index (χ0v) is 18.6. The highest BCUT2D eigenvalue weighted by atomic mass is 32.1. The third kappa shape index (κ3) is 6.58. The number of aromatic nitrogens is 2. The molecule has 1 aromatic carbocycles. The molecule has 8 nitrogen and oxygen atoms in total. The van der Waals surface area contributed by atoms with Crippen LogP contribution in [0.4, 0.5) is 11.6 Å². The predicted molar refractivity (Wildman–Crippen MR) is 126 cm³/mol. The average Bonchev–Trinajstić information content (AvgIpc) is 2.81. The highest BCUT2D eigenvalue weighted by molar-refractivity contribution is 7.81. The monoisotopic (exact) mass is 442 g/mol. The van der Waals surface area contributed by atoms with Crippen LogP contribution in [0, 0.1) is 0 Å². The average molecular weight is 443 g/mol. The number of hydrogen-bond donors (Lipinski definition) is 3. The number of hydrogen-bond acceptors (Lipinski definition) is 7. The van der Waals surface area contributed by atoms with E-state index in [9.17, 15) is 9.59 Å². The Morgan fingerprint density at radius 1 is 1.03 bits per heavy atom. The summed E-state index contributed by atoms with van der Waals surface area (Å²) in [5.74, 6) is 0.281. The minimum absolute atomic E-state index is 0.0628. The number of carbonyl (C=O) groups excluding carboxylic acids is 2. The van der Waals surface area contributed by atoms with Crippen LogP contribution in [0.2, 0.25) is 0 Å². The molecule has 2 amide bonds. The zero-order chi connectivity index (χ0) is 22.1. The molecule has 2 aromatic rings. The first-order valence-electron chi connectivity index (χ1n) is 10.7. The molecule has 0 aliphatic carbocycles. The van der Waals surface area contributed by atoms with E-state index in [0.29, 0.717) is 30.2 Å². The number of primary amides is 1. The Morgan fingerprint density at radius 2 is 1.74 bits per heavy atom. The van der Waals surface area contributed by atoms with E-state index in [1.54, 1.807) is 6.20 Å². The van der Waals surface area contributed by atoms with E-state index in [1.165, 1.54) is 5.69 Å². The number of rotatable bonds is 10. The van der Waals surface area contributed by atoms with Crippen LogP contribution in [0.3, 0.4) is 0 Å². The standard InChI is InChI=1S/C22H30N6O2S/c23-21(30)18-15-25-22(26-19(18)9-5-2-6-10-24-20(29)16-31)28-13-11-27(12-14-28)17-7-3-1-4-8-17/h1,3-4,7-8,15,31H,2,5-6,9-14,16H2,(H2,23,30)(H,24,29). The van der Waals surface area contributed by atoms with Crippen LogP contribution in [0.1, 0.15) is 35.3 Å². The second-order valence-corrected chi connectivity index (χ2v) is 7.84. The number of carbonyl (C=O) groups is 2. The second kappa shape index (κ2) is 11.5. The number of amides is 2. The molecule has 1 aliphatic rings. The van der Waals surface area contributed by atoms with Gasteiger partial charge in [0.05, 0.1) is 17.0 Å². The molecule has 3 N–H and O–H groups in total. The lowest BCUT2D eigenvalue weighted by Gasteiger charge is -2.36. The Morgan fingerprint density at radius 3 is 2.42 bits per heavy atom. The van der Waals surface area contributed by atoms with Crippen molar-refractivity contribution in [3.8, 4) is 0 Å². The lowest BCUT2D eigenvalue weighted by Crippen LogP contribution is -2.47. The van der Waals surface area contributed by atoms with Crippen LogP contribution in [0.15, 0.2) is 36.5 Å². The zero-order valence-electron chi connectivity index (χ0n) is 17.7. The molecule has 1 aliphatic heterocycles. The van der Waals surface area contributed by atoms with Crippen molar-refractivity contribution >= 4 is 36.1 Å². The summed E-state index contributed by atoms with van der Waals surface area (Å²) < 4.78 is 0. The van der Waals surface area contributed by atoms with Crippen LogP contribution in [-0.2, 0) is 11.2 Å². The molecule has 1 fully saturated rings. The van der Waals surface area contributed by atoms with E-state index >= 15 is 0 Å². The fourth-order valence-electron chi connectivity index (χ4n) is 3.64. The number of nitrogens with one attached hydrogen (secondary N) is 1. The number of benzene rings is 1. The Bertz CT molecular complexity index is 872. The number of unbranched alkanes of at least 4 members (excludes halogenated alkanes) is 2. The molecule has 3 rings (SSSR count). The van der Waals surface area contributed by atoms with Crippen molar-refractivity contribution in [2.45, 2.75) is 25.7 Å². The van der Waals surface area contributed by atoms with Gasteiger partial charge in [0.2, 0.25) is 11.9 Å². The summed E-state index contributed by atoms with van der Waals surface area (Å²) in [7, 11) is 0. The van der Waals surface area contributed by atoms with E-state index in [1.807, 2.05) is 18.2 Å². The minimum Gasteiger partial charge on any atom is -0.368 e. The number of nitrogens with zero attached hydrogens (tertiary/aromatic N) is 4. The van der Waals surface area contributed by atoms with Crippen molar-refractivity contribution in [3.05, 3.63) is 47.8 Å². The molecule has 0 bridgehead atoms. The first-order valence-corrected chi connectivity index (χ1v) is 11.3. The first kappa shape index (κ1) is 22.9. The Hall–Kier alpha value is -2.81. The van der Waals surface area contributed by atoms with Gasteiger partial charge in [0, 0.05) is 44.6 Å². The van der Waals surface area contributed by atoms with Crippen molar-refractivity contribution in [2.24, 2.45) is 5.73 Å². The molecule has 0 atom stereocenters. The van der Waals surface area contributed by atoms with Gasteiger partial charge in [-0.15, -0.1) is 0 Å². The topological polar surface area (TPSA) is 104 Å². The maximum atomic E-state index is 11.8. The molecule has 9 heteroatoms. The summed E-state index contributed by atoms with van der Waals surface area (Å²) in [5.41, 5.74) is 7.83. The van der Waals surface area contributed by atoms with Crippen LogP contribution < -0.4 is 20.9 Å². The van der Waals surface area contributed by atoms with Gasteiger partial charge in [-0.05, 0) is 31.4 Å². The van der Waals surface area contributed by atoms with Crippen LogP contribution in [0.5, 0.6) is 0 Å². The summed E-state index contributed by atoms with van der Waals surface area (Å²) in [6.07, 6.45) is 4.84. The van der Waals surface area contributed by atoms with E-state index in [-0.39, 0.29) is 11.7 Å². The van der Waals surface area contributed by atoms with Crippen molar-refractivity contribution in [1.29, 1.82) is 0 Å². The summed E-state index contributed by atoms with van der Waals surface area (Å²) in [5, 5.41) is 2.80. The predicted octanol–water partition coefficient (Wildman–Crippen LogP) is 1.66. The van der Waals surface area contributed by atoms with Gasteiger partial charge in [-0.25, -0.2) is 9.97 Å². The van der Waals surface area contributed by atoms with E-state index in [0.717, 1.165) is 45.4 Å². The van der Waals surface area contributed by atoms with E-state index in [2.05, 4.69) is 44.9 Å².